The van der Waals surface area contributed by atoms with E-state index in [1.165, 1.54) is 5.39 Å². The van der Waals surface area contributed by atoms with E-state index in [-0.39, 0.29) is 11.3 Å². The predicted octanol–water partition coefficient (Wildman–Crippen LogP) is 4.52. The molecule has 0 saturated heterocycles. The number of alkyl halides is 1. The molecule has 4 nitrogen and oxygen atoms in total. The smallest absolute Gasteiger partial charge is 0.239 e. The molecule has 0 atom stereocenters. The van der Waals surface area contributed by atoms with Crippen LogP contribution < -0.4 is 5.14 Å². The number of halogens is 1. The van der Waals surface area contributed by atoms with Crippen LogP contribution in [0.3, 0.4) is 0 Å². The Hall–Kier alpha value is -1.82. The summed E-state index contributed by atoms with van der Waals surface area (Å²) in [5.74, 6) is 0.192. The fraction of sp³-hybridized carbons (Fsp3) is 0.300. The SMILES string of the molecule is NS(=O)(=O)c1c(-c2c3c4ccccc4n2-3)cccc1C1CCC(Cl)CC1. The molecule has 26 heavy (non-hydrogen) atoms. The Balaban J connectivity index is 1.68. The van der Waals surface area contributed by atoms with E-state index in [4.69, 9.17) is 16.7 Å². The van der Waals surface area contributed by atoms with Gasteiger partial charge in [0.2, 0.25) is 10.0 Å². The standard InChI is InChI=1S/C20H19ClN2O2S/c21-13-10-8-12(9-11-13)14-5-3-6-16(20(14)26(22,24)25)19-18-15-4-1-2-7-17(15)23(18)19/h1-7,12-13H,8-11H2,(H2,22,24,25). The van der Waals surface area contributed by atoms with Crippen molar-refractivity contribution in [1.82, 2.24) is 4.57 Å². The summed E-state index contributed by atoms with van der Waals surface area (Å²) in [6.07, 6.45) is 3.62. The van der Waals surface area contributed by atoms with Gasteiger partial charge >= 0.3 is 0 Å². The number of rotatable bonds is 3. The topological polar surface area (TPSA) is 65.1 Å². The second-order valence-electron chi connectivity index (χ2n) is 7.27. The van der Waals surface area contributed by atoms with Gasteiger partial charge in [-0.2, -0.15) is 0 Å². The monoisotopic (exact) mass is 386 g/mol. The number of hydrogen-bond donors (Lipinski definition) is 1. The van der Waals surface area contributed by atoms with E-state index in [9.17, 15) is 8.42 Å². The minimum Gasteiger partial charge on any atom is -0.304 e. The average molecular weight is 387 g/mol. The van der Waals surface area contributed by atoms with Gasteiger partial charge in [-0.15, -0.1) is 11.6 Å². The molecule has 0 aromatic heterocycles. The maximum atomic E-state index is 12.5. The van der Waals surface area contributed by atoms with Gasteiger partial charge in [-0.05, 0) is 43.2 Å². The van der Waals surface area contributed by atoms with Crippen LogP contribution in [-0.4, -0.2) is 18.4 Å². The van der Waals surface area contributed by atoms with E-state index in [1.54, 1.807) is 0 Å². The van der Waals surface area contributed by atoms with Crippen LogP contribution in [0.4, 0.5) is 0 Å². The summed E-state index contributed by atoms with van der Waals surface area (Å²) in [6, 6.07) is 13.8. The molecule has 6 heteroatoms. The van der Waals surface area contributed by atoms with Crippen molar-refractivity contribution in [2.75, 3.05) is 0 Å². The number of primary sulfonamides is 1. The molecular weight excluding hydrogens is 368 g/mol. The lowest BCUT2D eigenvalue weighted by Crippen LogP contribution is -2.20. The van der Waals surface area contributed by atoms with Crippen molar-refractivity contribution >= 4 is 32.5 Å². The number of para-hydroxylation sites is 1. The first-order valence-corrected chi connectivity index (χ1v) is 10.9. The molecule has 2 N–H and O–H groups in total. The fourth-order valence-electron chi connectivity index (χ4n) is 4.46. The van der Waals surface area contributed by atoms with Gasteiger partial charge in [0.15, 0.2) is 0 Å². The van der Waals surface area contributed by atoms with E-state index in [2.05, 4.69) is 10.6 Å². The molecule has 2 aliphatic heterocycles. The lowest BCUT2D eigenvalue weighted by molar-refractivity contribution is 0.444. The third kappa shape index (κ3) is 2.34. The number of nitrogens with zero attached hydrogens (tertiary/aromatic N) is 1. The molecule has 0 unspecified atom stereocenters. The Labute approximate surface area is 157 Å². The van der Waals surface area contributed by atoms with Gasteiger partial charge in [0.05, 0.1) is 21.8 Å². The molecule has 0 amide bonds. The van der Waals surface area contributed by atoms with E-state index >= 15 is 0 Å². The molecule has 2 heterocycles. The second-order valence-corrected chi connectivity index (χ2v) is 9.38. The van der Waals surface area contributed by atoms with Crippen molar-refractivity contribution in [2.45, 2.75) is 41.9 Å². The van der Waals surface area contributed by atoms with Crippen LogP contribution in [0.1, 0.15) is 37.2 Å². The Morgan fingerprint density at radius 2 is 1.73 bits per heavy atom. The van der Waals surface area contributed by atoms with Crippen LogP contribution in [0.25, 0.3) is 27.8 Å². The zero-order valence-electron chi connectivity index (χ0n) is 14.2. The van der Waals surface area contributed by atoms with E-state index < -0.39 is 10.0 Å². The summed E-state index contributed by atoms with van der Waals surface area (Å²) in [4.78, 5) is 0.292. The lowest BCUT2D eigenvalue weighted by Gasteiger charge is -2.27. The number of hydrogen-bond acceptors (Lipinski definition) is 2. The maximum absolute atomic E-state index is 12.5. The summed E-state index contributed by atoms with van der Waals surface area (Å²) in [5.41, 5.74) is 4.79. The minimum atomic E-state index is -3.83. The quantitative estimate of drug-likeness (QED) is 0.526. The molecule has 5 rings (SSSR count). The highest BCUT2D eigenvalue weighted by atomic mass is 35.5. The van der Waals surface area contributed by atoms with Crippen molar-refractivity contribution in [2.24, 2.45) is 5.14 Å². The van der Waals surface area contributed by atoms with Crippen LogP contribution in [0, 0.1) is 0 Å². The van der Waals surface area contributed by atoms with Crippen LogP contribution in [-0.2, 0) is 10.0 Å². The summed E-state index contributed by atoms with van der Waals surface area (Å²) in [5, 5.41) is 7.05. The van der Waals surface area contributed by atoms with Crippen molar-refractivity contribution in [3.8, 4) is 16.9 Å². The molecule has 2 aromatic rings. The fourth-order valence-corrected chi connectivity index (χ4v) is 5.75. The van der Waals surface area contributed by atoms with Crippen molar-refractivity contribution in [1.29, 1.82) is 0 Å². The Kier molecular flexibility index (Phi) is 3.52. The molecule has 1 saturated carbocycles. The van der Waals surface area contributed by atoms with Gasteiger partial charge < -0.3 is 4.57 Å². The highest BCUT2D eigenvalue weighted by Gasteiger charge is 2.37. The van der Waals surface area contributed by atoms with Gasteiger partial charge in [-0.3, -0.25) is 0 Å². The third-order valence-corrected chi connectivity index (χ3v) is 7.16. The molecule has 134 valence electrons. The van der Waals surface area contributed by atoms with Gasteiger partial charge in [0, 0.05) is 16.3 Å². The molecule has 0 radical (unpaired) electrons. The van der Waals surface area contributed by atoms with E-state index in [1.807, 2.05) is 36.4 Å². The summed E-state index contributed by atoms with van der Waals surface area (Å²) >= 11 is 6.23. The van der Waals surface area contributed by atoms with Gasteiger partial charge in [0.25, 0.3) is 0 Å². The highest BCUT2D eigenvalue weighted by Crippen LogP contribution is 2.53. The number of benzene rings is 2. The summed E-state index contributed by atoms with van der Waals surface area (Å²) in [6.45, 7) is 0. The van der Waals surface area contributed by atoms with Crippen LogP contribution in [0.5, 0.6) is 0 Å². The van der Waals surface area contributed by atoms with E-state index in [0.29, 0.717) is 4.90 Å². The first-order valence-electron chi connectivity index (χ1n) is 8.91. The minimum absolute atomic E-state index is 0.192. The summed E-state index contributed by atoms with van der Waals surface area (Å²) < 4.78 is 27.2. The summed E-state index contributed by atoms with van der Waals surface area (Å²) in [7, 11) is -3.83. The van der Waals surface area contributed by atoms with Gasteiger partial charge in [0.1, 0.15) is 0 Å². The van der Waals surface area contributed by atoms with Crippen molar-refractivity contribution in [3.05, 3.63) is 48.0 Å². The lowest BCUT2D eigenvalue weighted by atomic mass is 9.83. The number of sulfonamides is 1. The van der Waals surface area contributed by atoms with Gasteiger partial charge in [-0.25, -0.2) is 13.6 Å². The van der Waals surface area contributed by atoms with Crippen LogP contribution in [0.2, 0.25) is 0 Å². The molecule has 0 spiro atoms. The number of aromatic nitrogens is 1. The Morgan fingerprint density at radius 1 is 1.00 bits per heavy atom. The highest BCUT2D eigenvalue weighted by molar-refractivity contribution is 7.89. The normalized spacial score (nSPS) is 21.9. The molecule has 1 aliphatic carbocycles. The van der Waals surface area contributed by atoms with Crippen molar-refractivity contribution < 1.29 is 8.42 Å². The third-order valence-electron chi connectivity index (χ3n) is 5.70. The van der Waals surface area contributed by atoms with E-state index in [0.717, 1.165) is 53.7 Å². The number of nitrogens with two attached hydrogens (primary N) is 1. The average Bonchev–Trinajstić information content (AvgIpc) is 3.28. The molecule has 1 fully saturated rings. The largest absolute Gasteiger partial charge is 0.304 e. The number of fused-ring (bicyclic) bond motifs is 4. The zero-order valence-corrected chi connectivity index (χ0v) is 15.7. The molecule has 0 bridgehead atoms. The Morgan fingerprint density at radius 3 is 2.42 bits per heavy atom. The maximum Gasteiger partial charge on any atom is 0.239 e. The Bertz CT molecular complexity index is 1100. The van der Waals surface area contributed by atoms with Crippen molar-refractivity contribution in [3.63, 3.8) is 0 Å². The zero-order chi connectivity index (χ0) is 18.1. The molecular formula is C20H19ClN2O2S. The second kappa shape index (κ2) is 5.59. The molecule has 3 aliphatic rings. The molecule has 2 aromatic carbocycles. The van der Waals surface area contributed by atoms with Crippen LogP contribution >= 0.6 is 11.6 Å². The first kappa shape index (κ1) is 16.4. The van der Waals surface area contributed by atoms with Gasteiger partial charge in [-0.1, -0.05) is 36.4 Å². The van der Waals surface area contributed by atoms with Crippen LogP contribution in [0.15, 0.2) is 47.4 Å². The first-order chi connectivity index (χ1) is 12.5. The predicted molar refractivity (Wildman–Crippen MR) is 104 cm³/mol.